The molecule has 0 atom stereocenters. The molecule has 4 heteroatoms. The van der Waals surface area contributed by atoms with Gasteiger partial charge in [-0.15, -0.1) is 0 Å². The van der Waals surface area contributed by atoms with E-state index in [0.717, 1.165) is 36.9 Å². The van der Waals surface area contributed by atoms with Gasteiger partial charge in [-0.1, -0.05) is 49.6 Å². The molecule has 1 aliphatic rings. The van der Waals surface area contributed by atoms with E-state index in [0.29, 0.717) is 0 Å². The Balaban J connectivity index is 2.16. The van der Waals surface area contributed by atoms with Gasteiger partial charge < -0.3 is 9.67 Å². The van der Waals surface area contributed by atoms with Crippen LogP contribution < -0.4 is 5.43 Å². The van der Waals surface area contributed by atoms with Crippen molar-refractivity contribution in [3.63, 3.8) is 0 Å². The predicted octanol–water partition coefficient (Wildman–Crippen LogP) is 3.72. The number of benzene rings is 1. The maximum atomic E-state index is 12.1. The largest absolute Gasteiger partial charge is 0.477 e. The Hall–Kier alpha value is -2.36. The molecular weight excluding hydrogens is 278 g/mol. The van der Waals surface area contributed by atoms with Crippen LogP contribution in [-0.2, 0) is 0 Å². The molecule has 1 saturated carbocycles. The quantitative estimate of drug-likeness (QED) is 0.939. The van der Waals surface area contributed by atoms with Crippen LogP contribution in [0.4, 0.5) is 0 Å². The van der Waals surface area contributed by atoms with Crippen LogP contribution >= 0.6 is 0 Å². The number of hydrogen-bond donors (Lipinski definition) is 1. The van der Waals surface area contributed by atoms with Gasteiger partial charge in [0, 0.05) is 18.3 Å². The van der Waals surface area contributed by atoms with E-state index in [9.17, 15) is 14.7 Å². The van der Waals surface area contributed by atoms with Gasteiger partial charge in [0.2, 0.25) is 0 Å². The smallest absolute Gasteiger partial charge is 0.341 e. The summed E-state index contributed by atoms with van der Waals surface area (Å²) >= 11 is 0. The summed E-state index contributed by atoms with van der Waals surface area (Å²) in [5.41, 5.74) is 1.17. The fourth-order valence-electron chi connectivity index (χ4n) is 3.21. The highest BCUT2D eigenvalue weighted by molar-refractivity contribution is 5.87. The highest BCUT2D eigenvalue weighted by Gasteiger charge is 2.20. The molecule has 1 aromatic carbocycles. The fourth-order valence-corrected chi connectivity index (χ4v) is 3.21. The third-order valence-corrected chi connectivity index (χ3v) is 4.35. The second kappa shape index (κ2) is 6.18. The number of carbonyl (C=O) groups is 1. The monoisotopic (exact) mass is 297 g/mol. The van der Waals surface area contributed by atoms with Crippen LogP contribution in [0.15, 0.2) is 47.4 Å². The van der Waals surface area contributed by atoms with Crippen LogP contribution in [-0.4, -0.2) is 15.6 Å². The summed E-state index contributed by atoms with van der Waals surface area (Å²) in [7, 11) is 0. The summed E-state index contributed by atoms with van der Waals surface area (Å²) in [5.74, 6) is -1.16. The Morgan fingerprint density at radius 3 is 2.41 bits per heavy atom. The van der Waals surface area contributed by atoms with Gasteiger partial charge in [0.25, 0.3) is 0 Å². The summed E-state index contributed by atoms with van der Waals surface area (Å²) in [4.78, 5) is 23.4. The number of pyridine rings is 1. The molecule has 0 bridgehead atoms. The predicted molar refractivity (Wildman–Crippen MR) is 85.2 cm³/mol. The van der Waals surface area contributed by atoms with Gasteiger partial charge in [-0.2, -0.15) is 0 Å². The van der Waals surface area contributed by atoms with Crippen molar-refractivity contribution in [2.75, 3.05) is 0 Å². The van der Waals surface area contributed by atoms with E-state index in [2.05, 4.69) is 0 Å². The summed E-state index contributed by atoms with van der Waals surface area (Å²) < 4.78 is 2.00. The molecule has 0 spiro atoms. The Morgan fingerprint density at radius 2 is 1.77 bits per heavy atom. The van der Waals surface area contributed by atoms with Gasteiger partial charge in [0.05, 0.1) is 5.69 Å². The summed E-state index contributed by atoms with van der Waals surface area (Å²) in [5, 5.41) is 9.24. The summed E-state index contributed by atoms with van der Waals surface area (Å²) in [6, 6.07) is 11.4. The second-order valence-corrected chi connectivity index (χ2v) is 5.81. The van der Waals surface area contributed by atoms with Crippen LogP contribution in [0.1, 0.15) is 48.5 Å². The zero-order valence-corrected chi connectivity index (χ0v) is 12.4. The molecule has 114 valence electrons. The highest BCUT2D eigenvalue weighted by Crippen LogP contribution is 2.32. The first-order valence-electron chi connectivity index (χ1n) is 7.72. The van der Waals surface area contributed by atoms with Crippen LogP contribution in [0.3, 0.4) is 0 Å². The molecule has 4 nitrogen and oxygen atoms in total. The lowest BCUT2D eigenvalue weighted by Gasteiger charge is -2.27. The molecular formula is C18H19NO3. The number of hydrogen-bond acceptors (Lipinski definition) is 2. The lowest BCUT2D eigenvalue weighted by Crippen LogP contribution is -2.22. The Kier molecular flexibility index (Phi) is 4.09. The summed E-state index contributed by atoms with van der Waals surface area (Å²) in [6.45, 7) is 0. The topological polar surface area (TPSA) is 59.3 Å². The van der Waals surface area contributed by atoms with E-state index in [1.54, 1.807) is 0 Å². The van der Waals surface area contributed by atoms with Crippen molar-refractivity contribution < 1.29 is 9.90 Å². The van der Waals surface area contributed by atoms with Crippen molar-refractivity contribution in [2.24, 2.45) is 0 Å². The third-order valence-electron chi connectivity index (χ3n) is 4.35. The van der Waals surface area contributed by atoms with Crippen LogP contribution in [0.5, 0.6) is 0 Å². The highest BCUT2D eigenvalue weighted by atomic mass is 16.4. The number of carboxylic acid groups (broad SMARTS) is 1. The van der Waals surface area contributed by atoms with Crippen LogP contribution in [0.2, 0.25) is 0 Å². The van der Waals surface area contributed by atoms with Crippen molar-refractivity contribution in [1.29, 1.82) is 0 Å². The average molecular weight is 297 g/mol. The van der Waals surface area contributed by atoms with Crippen molar-refractivity contribution in [2.45, 2.75) is 38.1 Å². The number of aromatic carboxylic acids is 1. The standard InChI is InChI=1S/C18H19NO3/c20-17-11-16(13-7-3-1-4-8-13)19(12-15(17)18(21)22)14-9-5-2-6-10-14/h1,3-4,7-8,11-12,14H,2,5-6,9-10H2,(H,21,22). The normalized spacial score (nSPS) is 15.6. The molecule has 1 aromatic heterocycles. The van der Waals surface area contributed by atoms with E-state index < -0.39 is 11.4 Å². The van der Waals surface area contributed by atoms with Gasteiger partial charge in [-0.05, 0) is 18.4 Å². The first kappa shape index (κ1) is 14.6. The average Bonchev–Trinajstić information content (AvgIpc) is 2.56. The molecule has 1 N–H and O–H groups in total. The molecule has 0 unspecified atom stereocenters. The molecule has 2 aromatic rings. The Labute approximate surface area is 129 Å². The number of rotatable bonds is 3. The van der Waals surface area contributed by atoms with E-state index in [4.69, 9.17) is 0 Å². The number of aromatic nitrogens is 1. The zero-order chi connectivity index (χ0) is 15.5. The minimum atomic E-state index is -1.16. The molecule has 0 saturated heterocycles. The molecule has 1 heterocycles. The zero-order valence-electron chi connectivity index (χ0n) is 12.4. The molecule has 3 rings (SSSR count). The molecule has 1 fully saturated rings. The maximum absolute atomic E-state index is 12.1. The van der Waals surface area contributed by atoms with Crippen molar-refractivity contribution in [3.8, 4) is 11.3 Å². The van der Waals surface area contributed by atoms with Crippen LogP contribution in [0.25, 0.3) is 11.3 Å². The second-order valence-electron chi connectivity index (χ2n) is 5.81. The lowest BCUT2D eigenvalue weighted by molar-refractivity contribution is 0.0694. The molecule has 1 aliphatic carbocycles. The van der Waals surface area contributed by atoms with Crippen molar-refractivity contribution in [3.05, 3.63) is 58.4 Å². The van der Waals surface area contributed by atoms with Gasteiger partial charge in [-0.3, -0.25) is 4.79 Å². The number of nitrogens with zero attached hydrogens (tertiary/aromatic N) is 1. The van der Waals surface area contributed by atoms with Gasteiger partial charge >= 0.3 is 5.97 Å². The molecule has 22 heavy (non-hydrogen) atoms. The molecule has 0 amide bonds. The van der Waals surface area contributed by atoms with Crippen molar-refractivity contribution in [1.82, 2.24) is 4.57 Å². The fraction of sp³-hybridized carbons (Fsp3) is 0.333. The van der Waals surface area contributed by atoms with Gasteiger partial charge in [0.15, 0.2) is 5.43 Å². The SMILES string of the molecule is O=C(O)c1cn(C2CCCCC2)c(-c2ccccc2)cc1=O. The maximum Gasteiger partial charge on any atom is 0.341 e. The van der Waals surface area contributed by atoms with E-state index in [1.165, 1.54) is 18.7 Å². The van der Waals surface area contributed by atoms with Gasteiger partial charge in [-0.25, -0.2) is 4.79 Å². The molecule has 0 aliphatic heterocycles. The minimum absolute atomic E-state index is 0.148. The Bertz CT molecular complexity index is 728. The Morgan fingerprint density at radius 1 is 1.09 bits per heavy atom. The first-order valence-corrected chi connectivity index (χ1v) is 7.72. The minimum Gasteiger partial charge on any atom is -0.477 e. The third kappa shape index (κ3) is 2.82. The summed E-state index contributed by atoms with van der Waals surface area (Å²) in [6.07, 6.45) is 7.11. The van der Waals surface area contributed by atoms with Gasteiger partial charge in [0.1, 0.15) is 5.56 Å². The van der Waals surface area contributed by atoms with Crippen molar-refractivity contribution >= 4 is 5.97 Å². The van der Waals surface area contributed by atoms with E-state index in [-0.39, 0.29) is 11.6 Å². The van der Waals surface area contributed by atoms with E-state index >= 15 is 0 Å². The van der Waals surface area contributed by atoms with E-state index in [1.807, 2.05) is 34.9 Å². The van der Waals surface area contributed by atoms with Crippen LogP contribution in [0, 0.1) is 0 Å². The number of carboxylic acids is 1. The first-order chi connectivity index (χ1) is 10.7. The lowest BCUT2D eigenvalue weighted by atomic mass is 9.94. The molecule has 0 radical (unpaired) electrons.